The second-order valence-corrected chi connectivity index (χ2v) is 5.24. The van der Waals surface area contributed by atoms with Crippen molar-refractivity contribution < 1.29 is 4.74 Å². The fraction of sp³-hybridized carbons (Fsp3) is 0.200. The van der Waals surface area contributed by atoms with E-state index in [0.29, 0.717) is 13.0 Å². The monoisotopic (exact) mass is 304 g/mol. The molecule has 0 N–H and O–H groups in total. The minimum Gasteiger partial charge on any atom is -0.494 e. The number of halogens is 1. The number of rotatable bonds is 6. The van der Waals surface area contributed by atoms with Gasteiger partial charge in [-0.25, -0.2) is 0 Å². The second-order valence-electron chi connectivity index (χ2n) is 4.15. The molecule has 0 amide bonds. The Morgan fingerprint density at radius 2 is 2.10 bits per heavy atom. The van der Waals surface area contributed by atoms with Crippen LogP contribution in [-0.2, 0) is 0 Å². The molecule has 3 nitrogen and oxygen atoms in total. The van der Waals surface area contributed by atoms with E-state index in [0.717, 1.165) is 16.2 Å². The van der Waals surface area contributed by atoms with E-state index in [1.54, 1.807) is 12.4 Å². The Bertz CT molecular complexity index is 569. The molecule has 0 spiro atoms. The molecule has 102 valence electrons. The van der Waals surface area contributed by atoms with Gasteiger partial charge < -0.3 is 4.74 Å². The Balaban J connectivity index is 1.86. The number of nitriles is 1. The lowest BCUT2D eigenvalue weighted by Crippen LogP contribution is -2.04. The topological polar surface area (TPSA) is 45.9 Å². The quantitative estimate of drug-likeness (QED) is 0.793. The van der Waals surface area contributed by atoms with Crippen molar-refractivity contribution in [3.05, 3.63) is 54.4 Å². The van der Waals surface area contributed by atoms with Crippen LogP contribution < -0.4 is 4.74 Å². The number of aromatic nitrogens is 1. The molecule has 0 saturated carbocycles. The lowest BCUT2D eigenvalue weighted by Gasteiger charge is -2.10. The molecule has 2 aromatic rings. The Morgan fingerprint density at radius 3 is 2.70 bits per heavy atom. The molecule has 20 heavy (non-hydrogen) atoms. The van der Waals surface area contributed by atoms with Crippen LogP contribution in [0.1, 0.15) is 17.9 Å². The van der Waals surface area contributed by atoms with Crippen molar-refractivity contribution in [1.29, 1.82) is 5.26 Å². The molecular formula is C15H13ClN2OS. The van der Waals surface area contributed by atoms with Crippen LogP contribution in [0.25, 0.3) is 0 Å². The van der Waals surface area contributed by atoms with Gasteiger partial charge in [0, 0.05) is 23.7 Å². The summed E-state index contributed by atoms with van der Waals surface area (Å²) in [4.78, 5) is 5.01. The van der Waals surface area contributed by atoms with E-state index >= 15 is 0 Å². The SMILES string of the molecule is N#CC(CCOc1ccc(SCl)cc1)c1cccnc1. The summed E-state index contributed by atoms with van der Waals surface area (Å²) in [5, 5.41) is 9.19. The predicted octanol–water partition coefficient (Wildman–Crippen LogP) is 4.40. The standard InChI is InChI=1S/C15H13ClN2OS/c16-20-15-5-3-14(4-6-15)19-9-7-12(10-17)13-2-1-8-18-11-13/h1-6,8,11-12H,7,9H2. The molecule has 0 aliphatic rings. The summed E-state index contributed by atoms with van der Waals surface area (Å²) in [7, 11) is 6.82. The number of nitrogens with zero attached hydrogens (tertiary/aromatic N) is 2. The first kappa shape index (κ1) is 14.7. The van der Waals surface area contributed by atoms with Crippen molar-refractivity contribution in [3.8, 4) is 11.8 Å². The maximum Gasteiger partial charge on any atom is 0.119 e. The highest BCUT2D eigenvalue weighted by molar-refractivity contribution is 8.21. The fourth-order valence-electron chi connectivity index (χ4n) is 1.77. The normalized spacial score (nSPS) is 11.6. The predicted molar refractivity (Wildman–Crippen MR) is 80.9 cm³/mol. The fourth-order valence-corrected chi connectivity index (χ4v) is 2.32. The summed E-state index contributed by atoms with van der Waals surface area (Å²) in [6.45, 7) is 0.487. The highest BCUT2D eigenvalue weighted by Gasteiger charge is 2.10. The van der Waals surface area contributed by atoms with Gasteiger partial charge in [-0.1, -0.05) is 6.07 Å². The third-order valence-electron chi connectivity index (χ3n) is 2.83. The van der Waals surface area contributed by atoms with Crippen LogP contribution in [0.5, 0.6) is 5.75 Å². The van der Waals surface area contributed by atoms with Crippen molar-refractivity contribution in [1.82, 2.24) is 4.98 Å². The van der Waals surface area contributed by atoms with Gasteiger partial charge in [0.25, 0.3) is 0 Å². The number of hydrogen-bond acceptors (Lipinski definition) is 4. The molecule has 2 rings (SSSR count). The summed E-state index contributed by atoms with van der Waals surface area (Å²) in [5.74, 6) is 0.587. The van der Waals surface area contributed by atoms with E-state index in [2.05, 4.69) is 11.1 Å². The molecule has 1 atom stereocenters. The molecular weight excluding hydrogens is 292 g/mol. The van der Waals surface area contributed by atoms with Crippen molar-refractivity contribution in [2.45, 2.75) is 17.2 Å². The molecule has 1 unspecified atom stereocenters. The summed E-state index contributed by atoms with van der Waals surface area (Å²) in [6.07, 6.45) is 4.06. The van der Waals surface area contributed by atoms with Crippen molar-refractivity contribution in [2.24, 2.45) is 0 Å². The van der Waals surface area contributed by atoms with Gasteiger partial charge in [-0.15, -0.1) is 0 Å². The highest BCUT2D eigenvalue weighted by atomic mass is 35.7. The number of hydrogen-bond donors (Lipinski definition) is 0. The van der Waals surface area contributed by atoms with Crippen LogP contribution in [0.2, 0.25) is 0 Å². The van der Waals surface area contributed by atoms with Gasteiger partial charge in [-0.2, -0.15) is 5.26 Å². The number of ether oxygens (including phenoxy) is 1. The van der Waals surface area contributed by atoms with Crippen LogP contribution in [0.3, 0.4) is 0 Å². The number of benzene rings is 1. The van der Waals surface area contributed by atoms with Gasteiger partial charge in [-0.05, 0) is 57.6 Å². The van der Waals surface area contributed by atoms with Crippen LogP contribution in [0, 0.1) is 11.3 Å². The van der Waals surface area contributed by atoms with Crippen LogP contribution in [0.15, 0.2) is 53.7 Å². The Labute approximate surface area is 127 Å². The lowest BCUT2D eigenvalue weighted by molar-refractivity contribution is 0.305. The smallest absolute Gasteiger partial charge is 0.119 e. The van der Waals surface area contributed by atoms with E-state index in [1.807, 2.05) is 36.4 Å². The number of pyridine rings is 1. The minimum atomic E-state index is -0.193. The molecule has 1 heterocycles. The van der Waals surface area contributed by atoms with Crippen molar-refractivity contribution >= 4 is 21.7 Å². The van der Waals surface area contributed by atoms with Crippen molar-refractivity contribution in [2.75, 3.05) is 6.61 Å². The van der Waals surface area contributed by atoms with Gasteiger partial charge in [0.1, 0.15) is 5.75 Å². The van der Waals surface area contributed by atoms with Crippen LogP contribution in [0.4, 0.5) is 0 Å². The minimum absolute atomic E-state index is 0.193. The first-order valence-corrected chi connectivity index (χ1v) is 7.78. The largest absolute Gasteiger partial charge is 0.494 e. The van der Waals surface area contributed by atoms with Gasteiger partial charge in [0.2, 0.25) is 0 Å². The maximum atomic E-state index is 9.19. The van der Waals surface area contributed by atoms with E-state index in [-0.39, 0.29) is 5.92 Å². The van der Waals surface area contributed by atoms with E-state index in [9.17, 15) is 5.26 Å². The first-order chi connectivity index (χ1) is 9.83. The average Bonchev–Trinajstić information content (AvgIpc) is 2.53. The Hall–Kier alpha value is -1.70. The molecule has 0 aliphatic carbocycles. The zero-order valence-electron chi connectivity index (χ0n) is 10.7. The summed E-state index contributed by atoms with van der Waals surface area (Å²) < 4.78 is 5.64. The molecule has 0 radical (unpaired) electrons. The third kappa shape index (κ3) is 4.16. The molecule has 0 fully saturated rings. The van der Waals surface area contributed by atoms with Gasteiger partial charge in [0.15, 0.2) is 0 Å². The Kier molecular flexibility index (Phi) is 5.72. The maximum absolute atomic E-state index is 9.19. The molecule has 0 bridgehead atoms. The van der Waals surface area contributed by atoms with E-state index < -0.39 is 0 Å². The second kappa shape index (κ2) is 7.78. The van der Waals surface area contributed by atoms with Gasteiger partial charge in [0.05, 0.1) is 18.6 Å². The highest BCUT2D eigenvalue weighted by Crippen LogP contribution is 2.24. The molecule has 1 aromatic carbocycles. The zero-order chi connectivity index (χ0) is 14.2. The molecule has 0 saturated heterocycles. The van der Waals surface area contributed by atoms with Crippen molar-refractivity contribution in [3.63, 3.8) is 0 Å². The molecule has 0 aliphatic heterocycles. The zero-order valence-corrected chi connectivity index (χ0v) is 12.3. The first-order valence-electron chi connectivity index (χ1n) is 6.14. The third-order valence-corrected chi connectivity index (χ3v) is 3.82. The van der Waals surface area contributed by atoms with E-state index in [1.165, 1.54) is 11.0 Å². The van der Waals surface area contributed by atoms with Crippen LogP contribution >= 0.6 is 21.7 Å². The average molecular weight is 305 g/mol. The van der Waals surface area contributed by atoms with E-state index in [4.69, 9.17) is 15.4 Å². The van der Waals surface area contributed by atoms with Gasteiger partial charge >= 0.3 is 0 Å². The summed E-state index contributed by atoms with van der Waals surface area (Å²) in [5.41, 5.74) is 0.924. The summed E-state index contributed by atoms with van der Waals surface area (Å²) >= 11 is 0. The van der Waals surface area contributed by atoms with Gasteiger partial charge in [-0.3, -0.25) is 4.98 Å². The summed E-state index contributed by atoms with van der Waals surface area (Å²) in [6, 6.07) is 13.6. The lowest BCUT2D eigenvalue weighted by atomic mass is 10.00. The van der Waals surface area contributed by atoms with Crippen LogP contribution in [-0.4, -0.2) is 11.6 Å². The molecule has 1 aromatic heterocycles. The molecule has 5 heteroatoms. The Morgan fingerprint density at radius 1 is 1.30 bits per heavy atom.